The summed E-state index contributed by atoms with van der Waals surface area (Å²) in [5.74, 6) is 1.54. The number of esters is 1. The van der Waals surface area contributed by atoms with Crippen LogP contribution in [0.4, 0.5) is 0 Å². The number of rotatable bonds is 7. The number of furan rings is 1. The molecule has 0 saturated carbocycles. The SMILES string of the molecule is C=CCNC(=NCCc1ccco1)N1CCCC(C(=O)OCC)C1.I. The highest BCUT2D eigenvalue weighted by Crippen LogP contribution is 2.18. The maximum atomic E-state index is 12.0. The van der Waals surface area contributed by atoms with Crippen LogP contribution in [0.1, 0.15) is 25.5 Å². The predicted octanol–water partition coefficient (Wildman–Crippen LogP) is 2.85. The van der Waals surface area contributed by atoms with E-state index in [0.29, 0.717) is 26.2 Å². The number of nitrogens with one attached hydrogen (secondary N) is 1. The van der Waals surface area contributed by atoms with E-state index in [1.807, 2.05) is 19.1 Å². The molecule has 0 radical (unpaired) electrons. The van der Waals surface area contributed by atoms with Crippen molar-refractivity contribution in [2.24, 2.45) is 10.9 Å². The summed E-state index contributed by atoms with van der Waals surface area (Å²) >= 11 is 0. The Morgan fingerprint density at radius 3 is 3.12 bits per heavy atom. The van der Waals surface area contributed by atoms with Crippen molar-refractivity contribution < 1.29 is 13.9 Å². The third-order valence-electron chi connectivity index (χ3n) is 3.95. The fourth-order valence-corrected chi connectivity index (χ4v) is 2.78. The highest BCUT2D eigenvalue weighted by molar-refractivity contribution is 14.0. The van der Waals surface area contributed by atoms with Crippen LogP contribution >= 0.6 is 24.0 Å². The van der Waals surface area contributed by atoms with Crippen molar-refractivity contribution in [3.8, 4) is 0 Å². The van der Waals surface area contributed by atoms with Gasteiger partial charge in [-0.2, -0.15) is 0 Å². The number of carbonyl (C=O) groups excluding carboxylic acids is 1. The Bertz CT molecular complexity index is 546. The molecule has 6 nitrogen and oxygen atoms in total. The number of guanidine groups is 1. The molecule has 1 unspecified atom stereocenters. The zero-order chi connectivity index (χ0) is 17.2. The minimum Gasteiger partial charge on any atom is -0.469 e. The molecule has 2 heterocycles. The van der Waals surface area contributed by atoms with Crippen LogP contribution in [-0.2, 0) is 16.0 Å². The molecule has 1 N–H and O–H groups in total. The average Bonchev–Trinajstić information content (AvgIpc) is 3.11. The monoisotopic (exact) mass is 461 g/mol. The smallest absolute Gasteiger partial charge is 0.310 e. The van der Waals surface area contributed by atoms with Gasteiger partial charge in [-0.3, -0.25) is 9.79 Å². The molecule has 1 aliphatic rings. The molecular weight excluding hydrogens is 433 g/mol. The summed E-state index contributed by atoms with van der Waals surface area (Å²) in [6, 6.07) is 3.83. The number of hydrogen-bond donors (Lipinski definition) is 1. The van der Waals surface area contributed by atoms with Gasteiger partial charge >= 0.3 is 5.97 Å². The average molecular weight is 461 g/mol. The van der Waals surface area contributed by atoms with Gasteiger partial charge < -0.3 is 19.4 Å². The number of halogens is 1. The van der Waals surface area contributed by atoms with Crippen LogP contribution in [0, 0.1) is 5.92 Å². The van der Waals surface area contributed by atoms with Crippen molar-refractivity contribution in [1.29, 1.82) is 0 Å². The number of likely N-dealkylation sites (tertiary alicyclic amines) is 1. The molecule has 0 bridgehead atoms. The van der Waals surface area contributed by atoms with Crippen LogP contribution in [-0.4, -0.2) is 49.6 Å². The third-order valence-corrected chi connectivity index (χ3v) is 3.95. The second-order valence-corrected chi connectivity index (χ2v) is 5.74. The second-order valence-electron chi connectivity index (χ2n) is 5.74. The molecule has 140 valence electrons. The van der Waals surface area contributed by atoms with Gasteiger partial charge in [-0.15, -0.1) is 30.6 Å². The van der Waals surface area contributed by atoms with Gasteiger partial charge in [-0.25, -0.2) is 0 Å². The van der Waals surface area contributed by atoms with Gasteiger partial charge in [-0.05, 0) is 31.9 Å². The predicted molar refractivity (Wildman–Crippen MR) is 109 cm³/mol. The number of piperidine rings is 1. The lowest BCUT2D eigenvalue weighted by atomic mass is 9.98. The summed E-state index contributed by atoms with van der Waals surface area (Å²) < 4.78 is 10.5. The van der Waals surface area contributed by atoms with Gasteiger partial charge in [0.2, 0.25) is 0 Å². The zero-order valence-electron chi connectivity index (χ0n) is 14.8. The normalized spacial score (nSPS) is 17.6. The molecule has 1 aromatic rings. The molecule has 1 fully saturated rings. The maximum absolute atomic E-state index is 12.0. The maximum Gasteiger partial charge on any atom is 0.310 e. The molecule has 1 atom stereocenters. The molecule has 1 aromatic heterocycles. The van der Waals surface area contributed by atoms with E-state index < -0.39 is 0 Å². The fraction of sp³-hybridized carbons (Fsp3) is 0.556. The number of hydrogen-bond acceptors (Lipinski definition) is 4. The van der Waals surface area contributed by atoms with Crippen molar-refractivity contribution >= 4 is 35.9 Å². The van der Waals surface area contributed by atoms with Crippen molar-refractivity contribution in [1.82, 2.24) is 10.2 Å². The first-order valence-corrected chi connectivity index (χ1v) is 8.57. The van der Waals surface area contributed by atoms with E-state index in [1.165, 1.54) is 0 Å². The standard InChI is InChI=1S/C18H27N3O3.HI/c1-3-10-19-18(20-11-9-16-8-6-13-24-16)21-12-5-7-15(14-21)17(22)23-4-2;/h3,6,8,13,15H,1,4-5,7,9-12,14H2,2H3,(H,19,20);1H. The lowest BCUT2D eigenvalue weighted by molar-refractivity contribution is -0.149. The van der Waals surface area contributed by atoms with Crippen molar-refractivity contribution in [2.45, 2.75) is 26.2 Å². The van der Waals surface area contributed by atoms with Crippen LogP contribution in [0.2, 0.25) is 0 Å². The third kappa shape index (κ3) is 7.09. The van der Waals surface area contributed by atoms with Gasteiger partial charge in [0, 0.05) is 32.6 Å². The molecular formula is C18H28IN3O3. The van der Waals surface area contributed by atoms with E-state index in [0.717, 1.165) is 37.5 Å². The Hall–Kier alpha value is -1.51. The van der Waals surface area contributed by atoms with E-state index in [9.17, 15) is 4.79 Å². The Morgan fingerprint density at radius 1 is 1.60 bits per heavy atom. The highest BCUT2D eigenvalue weighted by atomic mass is 127. The second kappa shape index (κ2) is 11.9. The lowest BCUT2D eigenvalue weighted by Gasteiger charge is -2.34. The molecule has 0 spiro atoms. The minimum absolute atomic E-state index is 0. The zero-order valence-corrected chi connectivity index (χ0v) is 17.1. The number of ether oxygens (including phenoxy) is 1. The van der Waals surface area contributed by atoms with Crippen molar-refractivity contribution in [2.75, 3.05) is 32.8 Å². The van der Waals surface area contributed by atoms with E-state index in [-0.39, 0.29) is 35.9 Å². The topological polar surface area (TPSA) is 67.1 Å². The van der Waals surface area contributed by atoms with Gasteiger partial charge in [0.25, 0.3) is 0 Å². The van der Waals surface area contributed by atoms with Crippen LogP contribution in [0.25, 0.3) is 0 Å². The quantitative estimate of drug-likeness (QED) is 0.223. The molecule has 0 aliphatic carbocycles. The summed E-state index contributed by atoms with van der Waals surface area (Å²) in [4.78, 5) is 18.8. The van der Waals surface area contributed by atoms with Gasteiger partial charge in [0.1, 0.15) is 5.76 Å². The lowest BCUT2D eigenvalue weighted by Crippen LogP contribution is -2.48. The molecule has 0 amide bonds. The van der Waals surface area contributed by atoms with E-state index >= 15 is 0 Å². The van der Waals surface area contributed by atoms with Crippen LogP contribution in [0.15, 0.2) is 40.5 Å². The minimum atomic E-state index is -0.110. The van der Waals surface area contributed by atoms with Gasteiger partial charge in [0.15, 0.2) is 5.96 Å². The van der Waals surface area contributed by atoms with Crippen molar-refractivity contribution in [3.05, 3.63) is 36.8 Å². The summed E-state index contributed by atoms with van der Waals surface area (Å²) in [7, 11) is 0. The molecule has 7 heteroatoms. The van der Waals surface area contributed by atoms with Crippen molar-refractivity contribution in [3.63, 3.8) is 0 Å². The Morgan fingerprint density at radius 2 is 2.44 bits per heavy atom. The largest absolute Gasteiger partial charge is 0.469 e. The molecule has 0 aromatic carbocycles. The van der Waals surface area contributed by atoms with E-state index in [2.05, 4.69) is 21.8 Å². The Labute approximate surface area is 166 Å². The van der Waals surface area contributed by atoms with Gasteiger partial charge in [0.05, 0.1) is 18.8 Å². The first-order chi connectivity index (χ1) is 11.7. The molecule has 25 heavy (non-hydrogen) atoms. The Balaban J connectivity index is 0.00000312. The number of nitrogens with zero attached hydrogens (tertiary/aromatic N) is 2. The molecule has 1 saturated heterocycles. The first-order valence-electron chi connectivity index (χ1n) is 8.57. The fourth-order valence-electron chi connectivity index (χ4n) is 2.78. The summed E-state index contributed by atoms with van der Waals surface area (Å²) in [5, 5.41) is 3.29. The van der Waals surface area contributed by atoms with Gasteiger partial charge in [-0.1, -0.05) is 6.08 Å². The highest BCUT2D eigenvalue weighted by Gasteiger charge is 2.28. The molecule has 1 aliphatic heterocycles. The Kier molecular flexibility index (Phi) is 10.3. The van der Waals surface area contributed by atoms with E-state index in [4.69, 9.17) is 9.15 Å². The summed E-state index contributed by atoms with van der Waals surface area (Å²) in [6.07, 6.45) is 6.05. The van der Waals surface area contributed by atoms with Crippen LogP contribution < -0.4 is 5.32 Å². The summed E-state index contributed by atoms with van der Waals surface area (Å²) in [6.45, 7) is 8.81. The first kappa shape index (κ1) is 21.5. The van der Waals surface area contributed by atoms with E-state index in [1.54, 1.807) is 12.3 Å². The number of carbonyl (C=O) groups is 1. The van der Waals surface area contributed by atoms with Crippen LogP contribution in [0.3, 0.4) is 0 Å². The number of aliphatic imine (C=N–C) groups is 1. The van der Waals surface area contributed by atoms with Crippen LogP contribution in [0.5, 0.6) is 0 Å². The summed E-state index contributed by atoms with van der Waals surface area (Å²) in [5.41, 5.74) is 0. The molecule has 2 rings (SSSR count).